The number of aliphatic hydroxyl groups excluding tert-OH is 1. The van der Waals surface area contributed by atoms with E-state index in [1.807, 2.05) is 36.5 Å². The first-order valence-electron chi connectivity index (χ1n) is 7.05. The summed E-state index contributed by atoms with van der Waals surface area (Å²) in [5, 5.41) is 10.7. The summed E-state index contributed by atoms with van der Waals surface area (Å²) in [4.78, 5) is 4.50. The Labute approximate surface area is 119 Å². The predicted octanol–water partition coefficient (Wildman–Crippen LogP) is 3.24. The first-order valence-corrected chi connectivity index (χ1v) is 7.05. The molecule has 0 spiro atoms. The van der Waals surface area contributed by atoms with Crippen LogP contribution in [0.3, 0.4) is 0 Å². The first kappa shape index (κ1) is 13.1. The maximum absolute atomic E-state index is 10.7. The Morgan fingerprint density at radius 2 is 2.20 bits per heavy atom. The fraction of sp³-hybridized carbons (Fsp3) is 0.353. The van der Waals surface area contributed by atoms with Crippen LogP contribution in [-0.2, 0) is 6.42 Å². The molecule has 2 atom stereocenters. The lowest BCUT2D eigenvalue weighted by Crippen LogP contribution is -2.18. The van der Waals surface area contributed by atoms with E-state index >= 15 is 0 Å². The fourth-order valence-electron chi connectivity index (χ4n) is 3.01. The smallest absolute Gasteiger partial charge is 0.119 e. The minimum absolute atomic E-state index is 0.0760. The Morgan fingerprint density at radius 1 is 1.30 bits per heavy atom. The van der Waals surface area contributed by atoms with Crippen molar-refractivity contribution in [3.63, 3.8) is 0 Å². The monoisotopic (exact) mass is 269 g/mol. The molecule has 0 aliphatic heterocycles. The third-order valence-corrected chi connectivity index (χ3v) is 4.06. The standard InChI is InChI=1S/C17H19NO2/c1-20-14-8-2-6-13(11-14)17(19)15-9-3-5-12-7-4-10-18-16(12)15/h2,4,6-8,10-11,15,17,19H,3,5,9H2,1H3. The van der Waals surface area contributed by atoms with Crippen molar-refractivity contribution in [2.75, 3.05) is 7.11 Å². The molecule has 0 saturated heterocycles. The number of hydrogen-bond acceptors (Lipinski definition) is 3. The number of benzene rings is 1. The molecule has 0 radical (unpaired) electrons. The lowest BCUT2D eigenvalue weighted by Gasteiger charge is -2.28. The van der Waals surface area contributed by atoms with Crippen LogP contribution in [0.25, 0.3) is 0 Å². The van der Waals surface area contributed by atoms with Gasteiger partial charge in [0.1, 0.15) is 5.75 Å². The van der Waals surface area contributed by atoms with Gasteiger partial charge in [0.05, 0.1) is 13.2 Å². The summed E-state index contributed by atoms with van der Waals surface area (Å²) in [6.45, 7) is 0. The zero-order chi connectivity index (χ0) is 13.9. The van der Waals surface area contributed by atoms with Crippen molar-refractivity contribution >= 4 is 0 Å². The van der Waals surface area contributed by atoms with Gasteiger partial charge in [-0.05, 0) is 48.6 Å². The average molecular weight is 269 g/mol. The molecule has 104 valence electrons. The minimum atomic E-state index is -0.529. The summed E-state index contributed by atoms with van der Waals surface area (Å²) in [6.07, 6.45) is 4.42. The molecular formula is C17H19NO2. The van der Waals surface area contributed by atoms with Gasteiger partial charge in [0, 0.05) is 17.8 Å². The van der Waals surface area contributed by atoms with Crippen molar-refractivity contribution in [2.45, 2.75) is 31.3 Å². The molecule has 1 N–H and O–H groups in total. The average Bonchev–Trinajstić information content (AvgIpc) is 2.53. The van der Waals surface area contributed by atoms with Crippen LogP contribution in [0.1, 0.15) is 41.7 Å². The number of methoxy groups -OCH3 is 1. The quantitative estimate of drug-likeness (QED) is 0.930. The van der Waals surface area contributed by atoms with Crippen LogP contribution < -0.4 is 4.74 Å². The Morgan fingerprint density at radius 3 is 3.05 bits per heavy atom. The first-order chi connectivity index (χ1) is 9.79. The number of aryl methyl sites for hydroxylation is 1. The second-order valence-electron chi connectivity index (χ2n) is 5.27. The summed E-state index contributed by atoms with van der Waals surface area (Å²) in [5.41, 5.74) is 3.22. The number of aliphatic hydroxyl groups is 1. The molecular weight excluding hydrogens is 250 g/mol. The van der Waals surface area contributed by atoms with Crippen molar-refractivity contribution < 1.29 is 9.84 Å². The van der Waals surface area contributed by atoms with Crippen LogP contribution in [-0.4, -0.2) is 17.2 Å². The minimum Gasteiger partial charge on any atom is -0.497 e. The van der Waals surface area contributed by atoms with Gasteiger partial charge in [-0.1, -0.05) is 18.2 Å². The third-order valence-electron chi connectivity index (χ3n) is 4.06. The Balaban J connectivity index is 1.93. The fourth-order valence-corrected chi connectivity index (χ4v) is 3.01. The van der Waals surface area contributed by atoms with Gasteiger partial charge in [0.25, 0.3) is 0 Å². The van der Waals surface area contributed by atoms with E-state index in [1.165, 1.54) is 5.56 Å². The predicted molar refractivity (Wildman–Crippen MR) is 77.9 cm³/mol. The van der Waals surface area contributed by atoms with Crippen LogP contribution in [0.5, 0.6) is 5.75 Å². The van der Waals surface area contributed by atoms with Crippen molar-refractivity contribution in [2.24, 2.45) is 0 Å². The van der Waals surface area contributed by atoms with Gasteiger partial charge < -0.3 is 9.84 Å². The highest BCUT2D eigenvalue weighted by Crippen LogP contribution is 2.39. The van der Waals surface area contributed by atoms with Gasteiger partial charge in [0.15, 0.2) is 0 Å². The van der Waals surface area contributed by atoms with Crippen LogP contribution in [0.4, 0.5) is 0 Å². The van der Waals surface area contributed by atoms with Crippen molar-refractivity contribution in [1.29, 1.82) is 0 Å². The van der Waals surface area contributed by atoms with Gasteiger partial charge in [-0.3, -0.25) is 4.98 Å². The Hall–Kier alpha value is -1.87. The van der Waals surface area contributed by atoms with E-state index in [4.69, 9.17) is 4.74 Å². The number of pyridine rings is 1. The molecule has 1 aliphatic carbocycles. The second kappa shape index (κ2) is 5.63. The van der Waals surface area contributed by atoms with E-state index in [-0.39, 0.29) is 5.92 Å². The molecule has 0 bridgehead atoms. The van der Waals surface area contributed by atoms with E-state index in [0.717, 1.165) is 36.3 Å². The molecule has 20 heavy (non-hydrogen) atoms. The molecule has 1 aromatic carbocycles. The summed E-state index contributed by atoms with van der Waals surface area (Å²) in [7, 11) is 1.64. The molecule has 2 aromatic rings. The Bertz CT molecular complexity index is 597. The molecule has 3 rings (SSSR count). The molecule has 2 unspecified atom stereocenters. The van der Waals surface area contributed by atoms with Gasteiger partial charge in [0.2, 0.25) is 0 Å². The van der Waals surface area contributed by atoms with Crippen molar-refractivity contribution in [1.82, 2.24) is 4.98 Å². The number of hydrogen-bond donors (Lipinski definition) is 1. The van der Waals surface area contributed by atoms with E-state index in [1.54, 1.807) is 7.11 Å². The summed E-state index contributed by atoms with van der Waals surface area (Å²) < 4.78 is 5.24. The lowest BCUT2D eigenvalue weighted by molar-refractivity contribution is 0.133. The Kier molecular flexibility index (Phi) is 3.70. The largest absolute Gasteiger partial charge is 0.497 e. The highest BCUT2D eigenvalue weighted by Gasteiger charge is 2.28. The maximum atomic E-state index is 10.7. The van der Waals surface area contributed by atoms with Crippen LogP contribution >= 0.6 is 0 Å². The number of nitrogens with zero attached hydrogens (tertiary/aromatic N) is 1. The van der Waals surface area contributed by atoms with Gasteiger partial charge >= 0.3 is 0 Å². The maximum Gasteiger partial charge on any atom is 0.119 e. The van der Waals surface area contributed by atoms with Gasteiger partial charge in [-0.25, -0.2) is 0 Å². The zero-order valence-corrected chi connectivity index (χ0v) is 11.6. The molecule has 3 heteroatoms. The molecule has 1 heterocycles. The van der Waals surface area contributed by atoms with Crippen LogP contribution in [0, 0.1) is 0 Å². The van der Waals surface area contributed by atoms with E-state index < -0.39 is 6.10 Å². The molecule has 1 aliphatic rings. The molecule has 0 saturated carbocycles. The van der Waals surface area contributed by atoms with E-state index in [0.29, 0.717) is 0 Å². The lowest BCUT2D eigenvalue weighted by atomic mass is 9.81. The summed E-state index contributed by atoms with van der Waals surface area (Å²) >= 11 is 0. The zero-order valence-electron chi connectivity index (χ0n) is 11.6. The van der Waals surface area contributed by atoms with Crippen LogP contribution in [0.15, 0.2) is 42.6 Å². The molecule has 0 fully saturated rings. The van der Waals surface area contributed by atoms with E-state index in [2.05, 4.69) is 11.1 Å². The molecule has 1 aromatic heterocycles. The van der Waals surface area contributed by atoms with Gasteiger partial charge in [-0.2, -0.15) is 0 Å². The number of ether oxygens (including phenoxy) is 1. The summed E-state index contributed by atoms with van der Waals surface area (Å²) in [6, 6.07) is 11.8. The number of aromatic nitrogens is 1. The summed E-state index contributed by atoms with van der Waals surface area (Å²) in [5.74, 6) is 0.852. The third kappa shape index (κ3) is 2.41. The molecule has 0 amide bonds. The molecule has 3 nitrogen and oxygen atoms in total. The normalized spacial score (nSPS) is 19.2. The van der Waals surface area contributed by atoms with Gasteiger partial charge in [-0.15, -0.1) is 0 Å². The van der Waals surface area contributed by atoms with Crippen molar-refractivity contribution in [3.05, 3.63) is 59.4 Å². The highest BCUT2D eigenvalue weighted by atomic mass is 16.5. The topological polar surface area (TPSA) is 42.4 Å². The SMILES string of the molecule is COc1cccc(C(O)C2CCCc3cccnc32)c1. The number of fused-ring (bicyclic) bond motifs is 1. The highest BCUT2D eigenvalue weighted by molar-refractivity contribution is 5.34. The second-order valence-corrected chi connectivity index (χ2v) is 5.27. The number of rotatable bonds is 3. The van der Waals surface area contributed by atoms with E-state index in [9.17, 15) is 5.11 Å². The van der Waals surface area contributed by atoms with Crippen LogP contribution in [0.2, 0.25) is 0 Å². The van der Waals surface area contributed by atoms with Crippen molar-refractivity contribution in [3.8, 4) is 5.75 Å².